The summed E-state index contributed by atoms with van der Waals surface area (Å²) in [6.07, 6.45) is -2.31. The van der Waals surface area contributed by atoms with Gasteiger partial charge in [0.05, 0.1) is 23.4 Å². The quantitative estimate of drug-likeness (QED) is 0.213. The Morgan fingerprint density at radius 3 is 2.30 bits per heavy atom. The standard InChI is InChI=1S/C32H42ClN5O7S/c1-31(2,3)37-29(43)27-32(4,5)46-18-38(27)30(44)26(41)21(15-19-11-7-6-8-12-19)36-28(42)22(16-24(34)39)35-25(40)17-45-23-14-10-9-13-20(23)33/h6-14,21-22,26-27,41H,15-18H2,1-5H3,(H2,34,39)(H,35,40)(H,36,42)(H,37,43)/t21-,22-,26-,27?/m0/s1. The van der Waals surface area contributed by atoms with Crippen LogP contribution < -0.4 is 26.4 Å². The summed E-state index contributed by atoms with van der Waals surface area (Å²) in [5.74, 6) is -3.18. The topological polar surface area (TPSA) is 180 Å². The van der Waals surface area contributed by atoms with Gasteiger partial charge in [0.2, 0.25) is 17.7 Å². The van der Waals surface area contributed by atoms with Crippen molar-refractivity contribution in [3.05, 3.63) is 65.2 Å². The summed E-state index contributed by atoms with van der Waals surface area (Å²) in [7, 11) is 0. The predicted octanol–water partition coefficient (Wildman–Crippen LogP) is 1.76. The van der Waals surface area contributed by atoms with Gasteiger partial charge in [-0.2, -0.15) is 0 Å². The molecule has 0 spiro atoms. The average Bonchev–Trinajstić information content (AvgIpc) is 3.29. The van der Waals surface area contributed by atoms with E-state index < -0.39 is 71.2 Å². The van der Waals surface area contributed by atoms with Crippen molar-refractivity contribution < 1.29 is 33.8 Å². The van der Waals surface area contributed by atoms with E-state index in [2.05, 4.69) is 16.0 Å². The Labute approximate surface area is 278 Å². The highest BCUT2D eigenvalue weighted by Gasteiger charge is 2.50. The maximum Gasteiger partial charge on any atom is 0.258 e. The van der Waals surface area contributed by atoms with Crippen molar-refractivity contribution in [1.82, 2.24) is 20.9 Å². The van der Waals surface area contributed by atoms with E-state index in [4.69, 9.17) is 22.1 Å². The van der Waals surface area contributed by atoms with Crippen LogP contribution >= 0.6 is 23.4 Å². The number of hydrogen-bond acceptors (Lipinski definition) is 8. The summed E-state index contributed by atoms with van der Waals surface area (Å²) in [6.45, 7) is 8.67. The van der Waals surface area contributed by atoms with Crippen molar-refractivity contribution in [2.24, 2.45) is 5.73 Å². The zero-order valence-electron chi connectivity index (χ0n) is 26.5. The molecule has 12 nitrogen and oxygen atoms in total. The van der Waals surface area contributed by atoms with Crippen LogP contribution in [-0.2, 0) is 30.4 Å². The molecule has 0 radical (unpaired) electrons. The number of para-hydroxylation sites is 1. The van der Waals surface area contributed by atoms with Gasteiger partial charge in [-0.15, -0.1) is 11.8 Å². The normalized spacial score (nSPS) is 17.7. The Balaban J connectivity index is 1.82. The predicted molar refractivity (Wildman–Crippen MR) is 176 cm³/mol. The van der Waals surface area contributed by atoms with Crippen LogP contribution in [0.15, 0.2) is 54.6 Å². The van der Waals surface area contributed by atoms with Gasteiger partial charge in [-0.25, -0.2) is 0 Å². The molecule has 0 bridgehead atoms. The molecule has 1 unspecified atom stereocenters. The molecule has 1 aliphatic rings. The lowest BCUT2D eigenvalue weighted by atomic mass is 9.96. The number of hydrogen-bond donors (Lipinski definition) is 5. The lowest BCUT2D eigenvalue weighted by Crippen LogP contribution is -2.61. The highest BCUT2D eigenvalue weighted by Crippen LogP contribution is 2.40. The minimum absolute atomic E-state index is 0.0234. The van der Waals surface area contributed by atoms with Gasteiger partial charge in [-0.1, -0.05) is 54.1 Å². The molecule has 1 aliphatic heterocycles. The van der Waals surface area contributed by atoms with E-state index in [0.717, 1.165) is 0 Å². The van der Waals surface area contributed by atoms with Crippen molar-refractivity contribution in [2.75, 3.05) is 12.5 Å². The summed E-state index contributed by atoms with van der Waals surface area (Å²) in [5, 5.41) is 19.7. The summed E-state index contributed by atoms with van der Waals surface area (Å²) < 4.78 is 4.77. The van der Waals surface area contributed by atoms with Crippen molar-refractivity contribution in [1.29, 1.82) is 0 Å². The third-order valence-electron chi connectivity index (χ3n) is 7.09. The molecule has 5 amide bonds. The first-order chi connectivity index (χ1) is 21.5. The molecular formula is C32H42ClN5O7S. The fourth-order valence-corrected chi connectivity index (χ4v) is 6.27. The van der Waals surface area contributed by atoms with E-state index in [1.54, 1.807) is 54.6 Å². The summed E-state index contributed by atoms with van der Waals surface area (Å²) in [5.41, 5.74) is 5.52. The third-order valence-corrected chi connectivity index (χ3v) is 8.77. The first kappa shape index (κ1) is 36.7. The van der Waals surface area contributed by atoms with Crippen molar-refractivity contribution in [2.45, 2.75) is 82.0 Å². The molecule has 2 aromatic rings. The number of halogens is 1. The van der Waals surface area contributed by atoms with Gasteiger partial charge in [0.25, 0.3) is 11.8 Å². The van der Waals surface area contributed by atoms with Crippen LogP contribution in [0.25, 0.3) is 0 Å². The first-order valence-electron chi connectivity index (χ1n) is 14.7. The van der Waals surface area contributed by atoms with Gasteiger partial charge in [0.15, 0.2) is 12.7 Å². The van der Waals surface area contributed by atoms with Crippen molar-refractivity contribution in [3.8, 4) is 5.75 Å². The minimum atomic E-state index is -1.78. The fraction of sp³-hybridized carbons (Fsp3) is 0.469. The van der Waals surface area contributed by atoms with E-state index in [9.17, 15) is 29.1 Å². The molecule has 0 aliphatic carbocycles. The van der Waals surface area contributed by atoms with E-state index in [1.807, 2.05) is 34.6 Å². The van der Waals surface area contributed by atoms with Gasteiger partial charge in [-0.05, 0) is 58.7 Å². The zero-order chi connectivity index (χ0) is 34.2. The average molecular weight is 676 g/mol. The molecule has 1 fully saturated rings. The Morgan fingerprint density at radius 2 is 1.70 bits per heavy atom. The number of primary amides is 1. The largest absolute Gasteiger partial charge is 0.482 e. The van der Waals surface area contributed by atoms with Crippen LogP contribution in [0.4, 0.5) is 0 Å². The first-order valence-corrected chi connectivity index (χ1v) is 16.1. The number of nitrogens with two attached hydrogens (primary N) is 1. The molecule has 2 aromatic carbocycles. The second kappa shape index (κ2) is 15.7. The summed E-state index contributed by atoms with van der Waals surface area (Å²) in [6, 6.07) is 11.8. The Bertz CT molecular complexity index is 1420. The van der Waals surface area contributed by atoms with E-state index in [-0.39, 0.29) is 29.0 Å². The molecule has 250 valence electrons. The number of thioether (sulfide) groups is 1. The SMILES string of the molecule is CC(C)(C)NC(=O)C1N(C(=O)[C@@H](O)[C@H](Cc2ccccc2)NC(=O)[C@H](CC(N)=O)NC(=O)COc2ccccc2Cl)CSC1(C)C. The number of nitrogens with zero attached hydrogens (tertiary/aromatic N) is 1. The second-order valence-corrected chi connectivity index (χ2v) is 14.6. The number of carbonyl (C=O) groups is 5. The maximum absolute atomic E-state index is 13.9. The zero-order valence-corrected chi connectivity index (χ0v) is 28.1. The molecule has 46 heavy (non-hydrogen) atoms. The Kier molecular flexibility index (Phi) is 12.5. The van der Waals surface area contributed by atoms with Gasteiger partial charge >= 0.3 is 0 Å². The molecule has 0 saturated carbocycles. The lowest BCUT2D eigenvalue weighted by Gasteiger charge is -2.35. The summed E-state index contributed by atoms with van der Waals surface area (Å²) >= 11 is 7.46. The fourth-order valence-electron chi connectivity index (χ4n) is 4.94. The third kappa shape index (κ3) is 10.4. The maximum atomic E-state index is 13.9. The number of aliphatic hydroxyl groups excluding tert-OH is 1. The number of nitrogens with one attached hydrogen (secondary N) is 3. The van der Waals surface area contributed by atoms with Crippen LogP contribution in [0.5, 0.6) is 5.75 Å². The van der Waals surface area contributed by atoms with E-state index in [0.29, 0.717) is 5.56 Å². The number of carbonyl (C=O) groups excluding carboxylic acids is 5. The van der Waals surface area contributed by atoms with Gasteiger partial charge in [-0.3, -0.25) is 24.0 Å². The second-order valence-electron chi connectivity index (χ2n) is 12.6. The Morgan fingerprint density at radius 1 is 1.07 bits per heavy atom. The van der Waals surface area contributed by atoms with Crippen LogP contribution in [0.1, 0.15) is 46.6 Å². The van der Waals surface area contributed by atoms with Crippen molar-refractivity contribution in [3.63, 3.8) is 0 Å². The highest BCUT2D eigenvalue weighted by molar-refractivity contribution is 8.00. The monoisotopic (exact) mass is 675 g/mol. The molecular weight excluding hydrogens is 634 g/mol. The number of benzene rings is 2. The number of rotatable bonds is 13. The van der Waals surface area contributed by atoms with Gasteiger partial charge in [0.1, 0.15) is 17.8 Å². The smallest absolute Gasteiger partial charge is 0.258 e. The van der Waals surface area contributed by atoms with Gasteiger partial charge < -0.3 is 36.4 Å². The van der Waals surface area contributed by atoms with Crippen LogP contribution in [0.3, 0.4) is 0 Å². The van der Waals surface area contributed by atoms with E-state index >= 15 is 0 Å². The molecule has 3 rings (SSSR count). The molecule has 1 saturated heterocycles. The molecule has 6 N–H and O–H groups in total. The van der Waals surface area contributed by atoms with E-state index in [1.165, 1.54) is 16.7 Å². The highest BCUT2D eigenvalue weighted by atomic mass is 35.5. The Hall–Kier alpha value is -3.81. The lowest BCUT2D eigenvalue weighted by molar-refractivity contribution is -0.148. The number of ether oxygens (including phenoxy) is 1. The van der Waals surface area contributed by atoms with Gasteiger partial charge in [0, 0.05) is 10.3 Å². The van der Waals surface area contributed by atoms with Crippen molar-refractivity contribution >= 4 is 52.9 Å². The minimum Gasteiger partial charge on any atom is -0.482 e. The molecule has 14 heteroatoms. The molecule has 1 heterocycles. The van der Waals surface area contributed by atoms with Crippen LogP contribution in [0, 0.1) is 0 Å². The molecule has 0 aromatic heterocycles. The molecule has 4 atom stereocenters. The summed E-state index contributed by atoms with van der Waals surface area (Å²) in [4.78, 5) is 66.6. The van der Waals surface area contributed by atoms with Crippen LogP contribution in [0.2, 0.25) is 5.02 Å². The van der Waals surface area contributed by atoms with Crippen LogP contribution in [-0.4, -0.2) is 86.5 Å². The number of aliphatic hydroxyl groups is 1. The number of amides is 5.